The molecule has 0 radical (unpaired) electrons. The lowest BCUT2D eigenvalue weighted by Crippen LogP contribution is -2.42. The van der Waals surface area contributed by atoms with Crippen molar-refractivity contribution in [3.05, 3.63) is 52.3 Å². The van der Waals surface area contributed by atoms with E-state index >= 15 is 0 Å². The topological polar surface area (TPSA) is 67.2 Å². The minimum Gasteiger partial charge on any atom is -0.352 e. The molecule has 0 aliphatic rings. The van der Waals surface area contributed by atoms with Gasteiger partial charge in [-0.2, -0.15) is 5.10 Å². The van der Waals surface area contributed by atoms with Gasteiger partial charge in [-0.25, -0.2) is 4.39 Å². The molecule has 0 unspecified atom stereocenters. The molecular weight excluding hydrogens is 391 g/mol. The summed E-state index contributed by atoms with van der Waals surface area (Å²) in [5.41, 5.74) is 1.76. The molecule has 0 atom stereocenters. The lowest BCUT2D eigenvalue weighted by molar-refractivity contribution is -0.122. The number of aromatic nitrogens is 2. The fourth-order valence-electron chi connectivity index (χ4n) is 3.11. The van der Waals surface area contributed by atoms with Gasteiger partial charge in [0.1, 0.15) is 10.6 Å². The smallest absolute Gasteiger partial charge is 0.264 e. The molecule has 0 aliphatic heterocycles. The van der Waals surface area contributed by atoms with Gasteiger partial charge in [0.25, 0.3) is 5.91 Å². The molecule has 8 heteroatoms. The SMILES string of the molecule is CCN(CC(=O)NC(C)C)C(=O)c1cc2c(C)nn(Cc3ccc(F)cc3)c2s1. The van der Waals surface area contributed by atoms with Crippen LogP contribution in [0.2, 0.25) is 0 Å². The van der Waals surface area contributed by atoms with Crippen molar-refractivity contribution in [2.45, 2.75) is 40.3 Å². The number of fused-ring (bicyclic) bond motifs is 1. The first-order valence-corrected chi connectivity index (χ1v) is 10.4. The van der Waals surface area contributed by atoms with E-state index in [-0.39, 0.29) is 30.2 Å². The highest BCUT2D eigenvalue weighted by molar-refractivity contribution is 7.20. The first-order valence-electron chi connectivity index (χ1n) is 9.58. The lowest BCUT2D eigenvalue weighted by Gasteiger charge is -2.20. The van der Waals surface area contributed by atoms with Crippen LogP contribution in [0.25, 0.3) is 10.2 Å². The van der Waals surface area contributed by atoms with Crippen molar-refractivity contribution in [3.63, 3.8) is 0 Å². The van der Waals surface area contributed by atoms with E-state index in [0.717, 1.165) is 21.5 Å². The quantitative estimate of drug-likeness (QED) is 0.640. The molecule has 2 aromatic heterocycles. The Morgan fingerprint density at radius 2 is 1.97 bits per heavy atom. The maximum Gasteiger partial charge on any atom is 0.264 e. The van der Waals surface area contributed by atoms with Gasteiger partial charge in [0.2, 0.25) is 5.91 Å². The normalized spacial score (nSPS) is 11.2. The molecule has 1 N–H and O–H groups in total. The second-order valence-electron chi connectivity index (χ2n) is 7.24. The van der Waals surface area contributed by atoms with Crippen LogP contribution in [0.1, 0.15) is 41.7 Å². The van der Waals surface area contributed by atoms with E-state index in [1.165, 1.54) is 28.4 Å². The van der Waals surface area contributed by atoms with Crippen molar-refractivity contribution >= 4 is 33.4 Å². The summed E-state index contributed by atoms with van der Waals surface area (Å²) in [5.74, 6) is -0.615. The van der Waals surface area contributed by atoms with Crippen LogP contribution in [-0.4, -0.2) is 45.6 Å². The fourth-order valence-corrected chi connectivity index (χ4v) is 4.24. The number of amides is 2. The van der Waals surface area contributed by atoms with E-state index in [2.05, 4.69) is 10.4 Å². The first-order chi connectivity index (χ1) is 13.8. The predicted octanol–water partition coefficient (Wildman–Crippen LogP) is 3.58. The van der Waals surface area contributed by atoms with Crippen molar-refractivity contribution in [2.75, 3.05) is 13.1 Å². The molecule has 0 aliphatic carbocycles. The average molecular weight is 417 g/mol. The summed E-state index contributed by atoms with van der Waals surface area (Å²) in [6.45, 7) is 8.50. The number of benzene rings is 1. The van der Waals surface area contributed by atoms with Gasteiger partial charge < -0.3 is 10.2 Å². The molecule has 3 aromatic rings. The highest BCUT2D eigenvalue weighted by Gasteiger charge is 2.22. The minimum absolute atomic E-state index is 0.0285. The van der Waals surface area contributed by atoms with Gasteiger partial charge in [-0.15, -0.1) is 11.3 Å². The van der Waals surface area contributed by atoms with Crippen LogP contribution in [0.3, 0.4) is 0 Å². The number of carbonyl (C=O) groups excluding carboxylic acids is 2. The van der Waals surface area contributed by atoms with Crippen LogP contribution in [-0.2, 0) is 11.3 Å². The van der Waals surface area contributed by atoms with Crippen LogP contribution < -0.4 is 5.32 Å². The summed E-state index contributed by atoms with van der Waals surface area (Å²) in [4.78, 5) is 28.0. The van der Waals surface area contributed by atoms with Gasteiger partial charge >= 0.3 is 0 Å². The van der Waals surface area contributed by atoms with Crippen LogP contribution >= 0.6 is 11.3 Å². The molecule has 1 aromatic carbocycles. The van der Waals surface area contributed by atoms with Gasteiger partial charge in [0.05, 0.1) is 23.7 Å². The number of likely N-dealkylation sites (N-methyl/N-ethyl adjacent to an activating group) is 1. The summed E-state index contributed by atoms with van der Waals surface area (Å²) in [6.07, 6.45) is 0. The second-order valence-corrected chi connectivity index (χ2v) is 8.27. The predicted molar refractivity (Wildman–Crippen MR) is 113 cm³/mol. The average Bonchev–Trinajstić information content (AvgIpc) is 3.22. The molecule has 2 heterocycles. The van der Waals surface area contributed by atoms with E-state index in [1.807, 2.05) is 38.4 Å². The van der Waals surface area contributed by atoms with E-state index in [4.69, 9.17) is 0 Å². The zero-order valence-corrected chi connectivity index (χ0v) is 17.8. The Balaban J connectivity index is 1.83. The Kier molecular flexibility index (Phi) is 6.32. The van der Waals surface area contributed by atoms with Crippen LogP contribution in [0, 0.1) is 12.7 Å². The Morgan fingerprint density at radius 3 is 2.59 bits per heavy atom. The maximum absolute atomic E-state index is 13.2. The molecular formula is C21H25FN4O2S. The second kappa shape index (κ2) is 8.73. The van der Waals surface area contributed by atoms with Crippen molar-refractivity contribution < 1.29 is 14.0 Å². The van der Waals surface area contributed by atoms with Crippen molar-refractivity contribution in [2.24, 2.45) is 0 Å². The Bertz CT molecular complexity index is 1020. The number of carbonyl (C=O) groups is 2. The van der Waals surface area contributed by atoms with E-state index < -0.39 is 0 Å². The summed E-state index contributed by atoms with van der Waals surface area (Å²) < 4.78 is 15.0. The van der Waals surface area contributed by atoms with Crippen LogP contribution in [0.15, 0.2) is 30.3 Å². The molecule has 0 bridgehead atoms. The highest BCUT2D eigenvalue weighted by atomic mass is 32.1. The largest absolute Gasteiger partial charge is 0.352 e. The Morgan fingerprint density at radius 1 is 1.28 bits per heavy atom. The number of halogens is 1. The minimum atomic E-state index is -0.277. The third-order valence-electron chi connectivity index (χ3n) is 4.52. The number of hydrogen-bond donors (Lipinski definition) is 1. The monoisotopic (exact) mass is 416 g/mol. The van der Waals surface area contributed by atoms with E-state index in [9.17, 15) is 14.0 Å². The third-order valence-corrected chi connectivity index (χ3v) is 5.65. The number of hydrogen-bond acceptors (Lipinski definition) is 4. The molecule has 3 rings (SSSR count). The zero-order chi connectivity index (χ0) is 21.1. The summed E-state index contributed by atoms with van der Waals surface area (Å²) >= 11 is 1.36. The number of thiophene rings is 1. The van der Waals surface area contributed by atoms with Crippen LogP contribution in [0.4, 0.5) is 4.39 Å². The molecule has 0 saturated heterocycles. The van der Waals surface area contributed by atoms with Crippen molar-refractivity contribution in [1.82, 2.24) is 20.0 Å². The summed E-state index contributed by atoms with van der Waals surface area (Å²) in [5, 5.41) is 8.29. The van der Waals surface area contributed by atoms with Gasteiger partial charge in [-0.3, -0.25) is 14.3 Å². The standard InChI is InChI=1S/C21H25FN4O2S/c1-5-25(12-19(27)23-13(2)3)20(28)18-10-17-14(4)24-26(21(17)29-18)11-15-6-8-16(22)9-7-15/h6-10,13H,5,11-12H2,1-4H3,(H,23,27). The number of rotatable bonds is 7. The number of aryl methyl sites for hydroxylation is 1. The summed E-state index contributed by atoms with van der Waals surface area (Å²) in [7, 11) is 0. The molecule has 29 heavy (non-hydrogen) atoms. The molecule has 6 nitrogen and oxygen atoms in total. The Hall–Kier alpha value is -2.74. The van der Waals surface area contributed by atoms with Gasteiger partial charge in [0.15, 0.2) is 0 Å². The van der Waals surface area contributed by atoms with Crippen molar-refractivity contribution in [3.8, 4) is 0 Å². The molecule has 2 amide bonds. The maximum atomic E-state index is 13.2. The van der Waals surface area contributed by atoms with Gasteiger partial charge in [-0.1, -0.05) is 12.1 Å². The Labute approximate surface area is 173 Å². The van der Waals surface area contributed by atoms with Gasteiger partial charge in [-0.05, 0) is 51.5 Å². The highest BCUT2D eigenvalue weighted by Crippen LogP contribution is 2.29. The molecule has 0 fully saturated rings. The van der Waals surface area contributed by atoms with Gasteiger partial charge in [0, 0.05) is 18.0 Å². The molecule has 154 valence electrons. The van der Waals surface area contributed by atoms with E-state index in [0.29, 0.717) is 18.0 Å². The number of nitrogens with zero attached hydrogens (tertiary/aromatic N) is 3. The zero-order valence-electron chi connectivity index (χ0n) is 17.0. The third kappa shape index (κ3) is 4.82. The fraction of sp³-hybridized carbons (Fsp3) is 0.381. The molecule has 0 saturated carbocycles. The number of nitrogens with one attached hydrogen (secondary N) is 1. The van der Waals surface area contributed by atoms with Crippen LogP contribution in [0.5, 0.6) is 0 Å². The lowest BCUT2D eigenvalue weighted by atomic mass is 10.2. The molecule has 0 spiro atoms. The summed E-state index contributed by atoms with van der Waals surface area (Å²) in [6, 6.07) is 8.17. The van der Waals surface area contributed by atoms with E-state index in [1.54, 1.807) is 12.1 Å². The van der Waals surface area contributed by atoms with Crippen molar-refractivity contribution in [1.29, 1.82) is 0 Å². The first kappa shape index (κ1) is 21.0.